The first-order valence-electron chi connectivity index (χ1n) is 7.78. The SMILES string of the molecule is CC(C)NCC1CCCN1Cc1nc(C(C)(C)C)cs1. The summed E-state index contributed by atoms with van der Waals surface area (Å²) >= 11 is 1.82. The lowest BCUT2D eigenvalue weighted by atomic mass is 9.93. The van der Waals surface area contributed by atoms with E-state index in [4.69, 9.17) is 4.98 Å². The van der Waals surface area contributed by atoms with E-state index in [9.17, 15) is 0 Å². The van der Waals surface area contributed by atoms with Gasteiger partial charge in [-0.15, -0.1) is 11.3 Å². The molecule has 0 spiro atoms. The summed E-state index contributed by atoms with van der Waals surface area (Å²) in [6.07, 6.45) is 2.64. The molecule has 114 valence electrons. The summed E-state index contributed by atoms with van der Waals surface area (Å²) in [6.45, 7) is 14.5. The van der Waals surface area contributed by atoms with Gasteiger partial charge in [0.1, 0.15) is 5.01 Å². The summed E-state index contributed by atoms with van der Waals surface area (Å²) in [5.74, 6) is 0. The van der Waals surface area contributed by atoms with Crippen molar-refractivity contribution in [2.45, 2.75) is 71.5 Å². The van der Waals surface area contributed by atoms with Gasteiger partial charge in [-0.2, -0.15) is 0 Å². The Hall–Kier alpha value is -0.450. The zero-order valence-corrected chi connectivity index (χ0v) is 14.4. The average Bonchev–Trinajstić information content (AvgIpc) is 2.95. The Balaban J connectivity index is 1.93. The molecule has 1 aromatic heterocycles. The molecule has 0 bridgehead atoms. The van der Waals surface area contributed by atoms with E-state index in [2.05, 4.69) is 50.2 Å². The van der Waals surface area contributed by atoms with Gasteiger partial charge in [-0.1, -0.05) is 34.6 Å². The molecule has 1 fully saturated rings. The Kier molecular flexibility index (Phi) is 5.21. The molecule has 0 aromatic carbocycles. The first-order valence-corrected chi connectivity index (χ1v) is 8.66. The van der Waals surface area contributed by atoms with Crippen LogP contribution in [0, 0.1) is 0 Å². The molecule has 1 saturated heterocycles. The maximum absolute atomic E-state index is 4.83. The van der Waals surface area contributed by atoms with Crippen LogP contribution in [0.2, 0.25) is 0 Å². The molecule has 0 amide bonds. The Bertz CT molecular complexity index is 420. The second-order valence-electron chi connectivity index (χ2n) is 7.21. The minimum absolute atomic E-state index is 0.165. The molecule has 20 heavy (non-hydrogen) atoms. The van der Waals surface area contributed by atoms with Crippen LogP contribution in [-0.2, 0) is 12.0 Å². The van der Waals surface area contributed by atoms with E-state index in [-0.39, 0.29) is 5.41 Å². The Morgan fingerprint density at radius 1 is 1.45 bits per heavy atom. The quantitative estimate of drug-likeness (QED) is 0.902. The molecule has 2 heterocycles. The molecule has 3 nitrogen and oxygen atoms in total. The van der Waals surface area contributed by atoms with Crippen LogP contribution in [0.5, 0.6) is 0 Å². The van der Waals surface area contributed by atoms with Crippen molar-refractivity contribution in [3.63, 3.8) is 0 Å². The molecule has 1 N–H and O–H groups in total. The molecule has 4 heteroatoms. The number of likely N-dealkylation sites (tertiary alicyclic amines) is 1. The topological polar surface area (TPSA) is 28.2 Å². The van der Waals surface area contributed by atoms with Gasteiger partial charge in [0.15, 0.2) is 0 Å². The van der Waals surface area contributed by atoms with Gasteiger partial charge in [-0.05, 0) is 19.4 Å². The third-order valence-electron chi connectivity index (χ3n) is 3.92. The first-order chi connectivity index (χ1) is 9.36. The van der Waals surface area contributed by atoms with Crippen LogP contribution in [-0.4, -0.2) is 35.1 Å². The predicted octanol–water partition coefficient (Wildman–Crippen LogP) is 3.40. The lowest BCUT2D eigenvalue weighted by Crippen LogP contribution is -2.39. The number of hydrogen-bond donors (Lipinski definition) is 1. The standard InChI is InChI=1S/C16H29N3S/c1-12(2)17-9-13-7-6-8-19(13)10-15-18-14(11-20-15)16(3,4)5/h11-13,17H,6-10H2,1-5H3. The largest absolute Gasteiger partial charge is 0.313 e. The van der Waals surface area contributed by atoms with Gasteiger partial charge in [0, 0.05) is 29.4 Å². The van der Waals surface area contributed by atoms with E-state index in [1.165, 1.54) is 30.1 Å². The van der Waals surface area contributed by atoms with Gasteiger partial charge in [0.25, 0.3) is 0 Å². The molecule has 1 aliphatic heterocycles. The molecule has 1 unspecified atom stereocenters. The van der Waals surface area contributed by atoms with E-state index in [0.717, 1.165) is 13.1 Å². The third-order valence-corrected chi connectivity index (χ3v) is 4.75. The second-order valence-corrected chi connectivity index (χ2v) is 8.15. The van der Waals surface area contributed by atoms with Crippen molar-refractivity contribution >= 4 is 11.3 Å². The van der Waals surface area contributed by atoms with Crippen LogP contribution in [0.25, 0.3) is 0 Å². The number of thiazole rings is 1. The maximum atomic E-state index is 4.83. The number of nitrogens with zero attached hydrogens (tertiary/aromatic N) is 2. The highest BCUT2D eigenvalue weighted by Gasteiger charge is 2.26. The van der Waals surface area contributed by atoms with Gasteiger partial charge in [0.05, 0.1) is 12.2 Å². The molecule has 1 aromatic rings. The summed E-state index contributed by atoms with van der Waals surface area (Å²) in [7, 11) is 0. The van der Waals surface area contributed by atoms with Crippen molar-refractivity contribution in [2.75, 3.05) is 13.1 Å². The average molecular weight is 295 g/mol. The van der Waals surface area contributed by atoms with E-state index in [1.54, 1.807) is 0 Å². The summed E-state index contributed by atoms with van der Waals surface area (Å²) in [4.78, 5) is 7.43. The molecule has 1 atom stereocenters. The smallest absolute Gasteiger partial charge is 0.107 e. The zero-order valence-electron chi connectivity index (χ0n) is 13.6. The van der Waals surface area contributed by atoms with E-state index in [1.807, 2.05) is 11.3 Å². The van der Waals surface area contributed by atoms with E-state index >= 15 is 0 Å². The minimum atomic E-state index is 0.165. The number of hydrogen-bond acceptors (Lipinski definition) is 4. The second kappa shape index (κ2) is 6.54. The number of nitrogens with one attached hydrogen (secondary N) is 1. The van der Waals surface area contributed by atoms with Gasteiger partial charge in [0.2, 0.25) is 0 Å². The van der Waals surface area contributed by atoms with Crippen LogP contribution >= 0.6 is 11.3 Å². The lowest BCUT2D eigenvalue weighted by Gasteiger charge is -2.24. The van der Waals surface area contributed by atoms with Crippen LogP contribution in [0.1, 0.15) is 58.2 Å². The van der Waals surface area contributed by atoms with E-state index < -0.39 is 0 Å². The predicted molar refractivity (Wildman–Crippen MR) is 87.4 cm³/mol. The molecule has 0 aliphatic carbocycles. The first kappa shape index (κ1) is 15.9. The summed E-state index contributed by atoms with van der Waals surface area (Å²) in [6, 6.07) is 1.25. The van der Waals surface area contributed by atoms with Crippen molar-refractivity contribution in [2.24, 2.45) is 0 Å². The van der Waals surface area contributed by atoms with Crippen LogP contribution in [0.3, 0.4) is 0 Å². The van der Waals surface area contributed by atoms with Gasteiger partial charge in [-0.3, -0.25) is 4.90 Å². The highest BCUT2D eigenvalue weighted by Crippen LogP contribution is 2.26. The van der Waals surface area contributed by atoms with Gasteiger partial charge in [-0.25, -0.2) is 4.98 Å². The Morgan fingerprint density at radius 3 is 2.80 bits per heavy atom. The van der Waals surface area contributed by atoms with Crippen LogP contribution < -0.4 is 5.32 Å². The van der Waals surface area contributed by atoms with Crippen molar-refractivity contribution in [3.05, 3.63) is 16.1 Å². The molecular formula is C16H29N3S. The van der Waals surface area contributed by atoms with Crippen molar-refractivity contribution in [1.29, 1.82) is 0 Å². The summed E-state index contributed by atoms with van der Waals surface area (Å²) in [5, 5.41) is 7.07. The Morgan fingerprint density at radius 2 is 2.20 bits per heavy atom. The number of rotatable bonds is 5. The molecule has 0 saturated carbocycles. The molecule has 0 radical (unpaired) electrons. The monoisotopic (exact) mass is 295 g/mol. The summed E-state index contributed by atoms with van der Waals surface area (Å²) in [5.41, 5.74) is 1.40. The van der Waals surface area contributed by atoms with Crippen molar-refractivity contribution in [1.82, 2.24) is 15.2 Å². The summed E-state index contributed by atoms with van der Waals surface area (Å²) < 4.78 is 0. The van der Waals surface area contributed by atoms with Gasteiger partial charge >= 0.3 is 0 Å². The number of aromatic nitrogens is 1. The van der Waals surface area contributed by atoms with E-state index in [0.29, 0.717) is 12.1 Å². The van der Waals surface area contributed by atoms with Crippen LogP contribution in [0.15, 0.2) is 5.38 Å². The fraction of sp³-hybridized carbons (Fsp3) is 0.812. The zero-order chi connectivity index (χ0) is 14.8. The van der Waals surface area contributed by atoms with Crippen LogP contribution in [0.4, 0.5) is 0 Å². The third kappa shape index (κ3) is 4.27. The van der Waals surface area contributed by atoms with Crippen molar-refractivity contribution in [3.8, 4) is 0 Å². The minimum Gasteiger partial charge on any atom is -0.313 e. The molecule has 1 aliphatic rings. The lowest BCUT2D eigenvalue weighted by molar-refractivity contribution is 0.235. The molecular weight excluding hydrogens is 266 g/mol. The normalized spacial score (nSPS) is 21.0. The fourth-order valence-corrected chi connectivity index (χ4v) is 3.65. The highest BCUT2D eigenvalue weighted by molar-refractivity contribution is 7.09. The van der Waals surface area contributed by atoms with Gasteiger partial charge < -0.3 is 5.32 Å². The maximum Gasteiger partial charge on any atom is 0.107 e. The molecule has 2 rings (SSSR count). The highest BCUT2D eigenvalue weighted by atomic mass is 32.1. The Labute approximate surface area is 127 Å². The fourth-order valence-electron chi connectivity index (χ4n) is 2.61. The van der Waals surface area contributed by atoms with Crippen molar-refractivity contribution < 1.29 is 0 Å².